The molecule has 0 aliphatic heterocycles. The predicted octanol–water partition coefficient (Wildman–Crippen LogP) is 5.02. The summed E-state index contributed by atoms with van der Waals surface area (Å²) in [6.45, 7) is 2.72. The van der Waals surface area contributed by atoms with Crippen LogP contribution in [0.1, 0.15) is 7.43 Å². The van der Waals surface area contributed by atoms with Gasteiger partial charge in [0.1, 0.15) is 29.3 Å². The lowest BCUT2D eigenvalue weighted by molar-refractivity contribution is 0.0300. The minimum absolute atomic E-state index is 0. The number of alkyl halides is 1. The topological polar surface area (TPSA) is 109 Å². The van der Waals surface area contributed by atoms with Gasteiger partial charge in [-0.05, 0) is 36.4 Å². The van der Waals surface area contributed by atoms with Crippen molar-refractivity contribution in [1.82, 2.24) is 30.4 Å². The maximum absolute atomic E-state index is 5.38. The van der Waals surface area contributed by atoms with E-state index in [4.69, 9.17) is 25.8 Å². The number of hydrogen-bond acceptors (Lipinski definition) is 8. The molecular weight excluding hydrogens is 596 g/mol. The number of H-pyrrole nitrogens is 1. The molecule has 4 aromatic rings. The van der Waals surface area contributed by atoms with Crippen molar-refractivity contribution in [1.29, 1.82) is 0 Å². The Morgan fingerprint density at radius 2 is 1.47 bits per heavy atom. The van der Waals surface area contributed by atoms with Gasteiger partial charge in [0.25, 0.3) is 0 Å². The molecule has 34 heavy (non-hydrogen) atoms. The molecule has 0 aliphatic carbocycles. The highest BCUT2D eigenvalue weighted by Gasteiger charge is 2.04. The second kappa shape index (κ2) is 17.7. The van der Waals surface area contributed by atoms with E-state index >= 15 is 0 Å². The fourth-order valence-electron chi connectivity index (χ4n) is 2.34. The van der Waals surface area contributed by atoms with Crippen molar-refractivity contribution in [3.63, 3.8) is 0 Å². The SMILES string of the molecule is Brc1ccc2n[nH]nc2c1.C.COCCOCCl.COCCOCn1nnc2cc(Br)ccc21. The number of hydrogen-bond donors (Lipinski definition) is 1. The van der Waals surface area contributed by atoms with Gasteiger partial charge in [-0.1, -0.05) is 56.1 Å². The van der Waals surface area contributed by atoms with Crippen molar-refractivity contribution < 1.29 is 18.9 Å². The van der Waals surface area contributed by atoms with Gasteiger partial charge in [0.05, 0.1) is 31.9 Å². The number of benzene rings is 2. The standard InChI is InChI=1S/C10H12BrN3O2.C6H4BrN3.C4H9ClO2.CH4/c1-15-4-5-16-7-14-10-3-2-8(11)6-9(10)12-13-14;7-4-1-2-5-6(3-4)9-10-8-5;1-6-2-3-7-4-5;/h2-3,6H,4-5,7H2,1H3;1-3H,(H,8,9,10);2-4H2,1H3;1H4. The zero-order valence-corrected chi connectivity index (χ0v) is 22.1. The lowest BCUT2D eigenvalue weighted by atomic mass is 10.3. The van der Waals surface area contributed by atoms with Crippen molar-refractivity contribution in [2.45, 2.75) is 14.2 Å². The highest BCUT2D eigenvalue weighted by atomic mass is 79.9. The second-order valence-electron chi connectivity index (χ2n) is 6.22. The Hall–Kier alpha value is -1.67. The molecule has 0 saturated carbocycles. The minimum Gasteiger partial charge on any atom is -0.382 e. The number of nitrogens with zero attached hydrogens (tertiary/aromatic N) is 5. The fraction of sp³-hybridized carbons (Fsp3) is 0.429. The summed E-state index contributed by atoms with van der Waals surface area (Å²) in [5.41, 5.74) is 3.59. The van der Waals surface area contributed by atoms with Crippen LogP contribution in [-0.2, 0) is 25.7 Å². The summed E-state index contributed by atoms with van der Waals surface area (Å²) >= 11 is 11.9. The van der Waals surface area contributed by atoms with Crippen LogP contribution in [0.5, 0.6) is 0 Å². The number of fused-ring (bicyclic) bond motifs is 2. The van der Waals surface area contributed by atoms with E-state index in [2.05, 4.69) is 62.3 Å². The zero-order valence-electron chi connectivity index (χ0n) is 18.2. The Kier molecular flexibility index (Phi) is 15.8. The summed E-state index contributed by atoms with van der Waals surface area (Å²) in [6.07, 6.45) is 0. The Balaban J connectivity index is 0.000000276. The third kappa shape index (κ3) is 10.7. The molecule has 1 N–H and O–H groups in total. The van der Waals surface area contributed by atoms with Gasteiger partial charge < -0.3 is 18.9 Å². The normalized spacial score (nSPS) is 10.3. The van der Waals surface area contributed by atoms with Gasteiger partial charge in [-0.3, -0.25) is 0 Å². The third-order valence-corrected chi connectivity index (χ3v) is 5.05. The number of methoxy groups -OCH3 is 2. The smallest absolute Gasteiger partial charge is 0.141 e. The fourth-order valence-corrected chi connectivity index (χ4v) is 3.15. The summed E-state index contributed by atoms with van der Waals surface area (Å²) in [4.78, 5) is 0. The molecule has 188 valence electrons. The lowest BCUT2D eigenvalue weighted by Crippen LogP contribution is -2.08. The number of ether oxygens (including phenoxy) is 4. The van der Waals surface area contributed by atoms with E-state index in [1.807, 2.05) is 36.4 Å². The zero-order chi connectivity index (χ0) is 23.9. The summed E-state index contributed by atoms with van der Waals surface area (Å²) in [6, 6.07) is 11.8. The molecule has 10 nitrogen and oxygen atoms in total. The molecule has 0 aliphatic rings. The molecule has 0 radical (unpaired) electrons. The van der Waals surface area contributed by atoms with E-state index in [1.165, 1.54) is 0 Å². The summed E-state index contributed by atoms with van der Waals surface area (Å²) in [5, 5.41) is 18.4. The Labute approximate surface area is 220 Å². The molecule has 0 amide bonds. The monoisotopic (exact) mass is 622 g/mol. The molecule has 0 saturated heterocycles. The number of aromatic nitrogens is 6. The molecule has 2 aromatic heterocycles. The summed E-state index contributed by atoms with van der Waals surface area (Å²) < 4.78 is 23.4. The number of halogens is 3. The van der Waals surface area contributed by atoms with Crippen LogP contribution in [0, 0.1) is 0 Å². The molecule has 0 unspecified atom stereocenters. The molecule has 4 rings (SSSR count). The lowest BCUT2D eigenvalue weighted by Gasteiger charge is -2.03. The summed E-state index contributed by atoms with van der Waals surface area (Å²) in [7, 11) is 3.27. The predicted molar refractivity (Wildman–Crippen MR) is 140 cm³/mol. The van der Waals surface area contributed by atoms with E-state index in [0.29, 0.717) is 33.2 Å². The van der Waals surface area contributed by atoms with Gasteiger partial charge in [0.15, 0.2) is 0 Å². The highest BCUT2D eigenvalue weighted by Crippen LogP contribution is 2.17. The highest BCUT2D eigenvalue weighted by molar-refractivity contribution is 9.10. The maximum atomic E-state index is 5.38. The Morgan fingerprint density at radius 3 is 2.15 bits per heavy atom. The molecule has 0 fully saturated rings. The average Bonchev–Trinajstić information content (AvgIpc) is 3.44. The van der Waals surface area contributed by atoms with E-state index < -0.39 is 0 Å². The van der Waals surface area contributed by atoms with E-state index in [9.17, 15) is 0 Å². The first-order valence-corrected chi connectivity index (χ1v) is 11.8. The van der Waals surface area contributed by atoms with Crippen molar-refractivity contribution >= 4 is 65.5 Å². The van der Waals surface area contributed by atoms with Crippen molar-refractivity contribution in [2.24, 2.45) is 0 Å². The third-order valence-electron chi connectivity index (χ3n) is 3.91. The van der Waals surface area contributed by atoms with Crippen LogP contribution in [0.15, 0.2) is 45.3 Å². The number of rotatable bonds is 9. The number of aromatic amines is 1. The molecule has 0 spiro atoms. The van der Waals surface area contributed by atoms with Crippen molar-refractivity contribution in [2.75, 3.05) is 46.7 Å². The van der Waals surface area contributed by atoms with Crippen LogP contribution in [0.2, 0.25) is 0 Å². The van der Waals surface area contributed by atoms with E-state index in [1.54, 1.807) is 18.9 Å². The number of nitrogens with one attached hydrogen (secondary N) is 1. The minimum atomic E-state index is 0. The first-order chi connectivity index (χ1) is 16.1. The second-order valence-corrected chi connectivity index (χ2v) is 8.27. The van der Waals surface area contributed by atoms with E-state index in [0.717, 1.165) is 31.0 Å². The molecule has 2 heterocycles. The first kappa shape index (κ1) is 30.4. The Bertz CT molecular complexity index is 1080. The van der Waals surface area contributed by atoms with Gasteiger partial charge in [-0.25, -0.2) is 4.68 Å². The largest absolute Gasteiger partial charge is 0.382 e. The Morgan fingerprint density at radius 1 is 0.853 bits per heavy atom. The van der Waals surface area contributed by atoms with Gasteiger partial charge in [0.2, 0.25) is 0 Å². The summed E-state index contributed by atoms with van der Waals surface area (Å²) in [5.74, 6) is 0. The van der Waals surface area contributed by atoms with Crippen molar-refractivity contribution in [3.8, 4) is 0 Å². The van der Waals surface area contributed by atoms with Gasteiger partial charge >= 0.3 is 0 Å². The first-order valence-electron chi connectivity index (χ1n) is 9.73. The van der Waals surface area contributed by atoms with Crippen LogP contribution in [-0.4, -0.2) is 77.1 Å². The maximum Gasteiger partial charge on any atom is 0.141 e. The van der Waals surface area contributed by atoms with Crippen LogP contribution < -0.4 is 0 Å². The van der Waals surface area contributed by atoms with Gasteiger partial charge in [-0.2, -0.15) is 15.4 Å². The molecule has 0 bridgehead atoms. The average molecular weight is 625 g/mol. The van der Waals surface area contributed by atoms with Crippen molar-refractivity contribution in [3.05, 3.63) is 45.3 Å². The van der Waals surface area contributed by atoms with Crippen LogP contribution in [0.4, 0.5) is 0 Å². The molecule has 13 heteroatoms. The molecular formula is C21H29Br2ClN6O4. The van der Waals surface area contributed by atoms with Crippen LogP contribution in [0.25, 0.3) is 22.1 Å². The van der Waals surface area contributed by atoms with Gasteiger partial charge in [-0.15, -0.1) is 5.10 Å². The van der Waals surface area contributed by atoms with Crippen LogP contribution in [0.3, 0.4) is 0 Å². The van der Waals surface area contributed by atoms with E-state index in [-0.39, 0.29) is 13.5 Å². The molecule has 2 aromatic carbocycles. The van der Waals surface area contributed by atoms with Crippen LogP contribution >= 0.6 is 43.5 Å². The van der Waals surface area contributed by atoms with Gasteiger partial charge in [0, 0.05) is 23.2 Å². The quantitative estimate of drug-likeness (QED) is 0.204. The molecule has 0 atom stereocenters.